The van der Waals surface area contributed by atoms with Crippen LogP contribution < -0.4 is 10.1 Å². The highest BCUT2D eigenvalue weighted by Crippen LogP contribution is 2.33. The molecule has 1 aromatic carbocycles. The number of nitrogens with one attached hydrogen (secondary N) is 1. The molecule has 2 rings (SSSR count). The van der Waals surface area contributed by atoms with Gasteiger partial charge in [-0.15, -0.1) is 11.8 Å². The first-order chi connectivity index (χ1) is 14.8. The molecular weight excluding hydrogens is 438 g/mol. The zero-order valence-electron chi connectivity index (χ0n) is 19.4. The van der Waals surface area contributed by atoms with Crippen LogP contribution in [-0.2, 0) is 20.9 Å². The summed E-state index contributed by atoms with van der Waals surface area (Å²) < 4.78 is 16.1. The molecule has 0 amide bonds. The standard InChI is InChI=1S/C22H35NO8S/c1-21(2,3)23-13-9-12(11-29-20(28)22(4,5)32-6)7-8-14(13)30-19-18(27)17(26)16(25)15(10-24)31-19/h7-9,15-19,23-27H,10-11H2,1-6H3. The van der Waals surface area contributed by atoms with Crippen molar-refractivity contribution in [2.45, 2.75) is 82.2 Å². The van der Waals surface area contributed by atoms with Gasteiger partial charge in [-0.2, -0.15) is 0 Å². The summed E-state index contributed by atoms with van der Waals surface area (Å²) in [5, 5.41) is 42.9. The molecule has 0 radical (unpaired) electrons. The second-order valence-corrected chi connectivity index (χ2v) is 10.7. The lowest BCUT2D eigenvalue weighted by Crippen LogP contribution is -2.60. The number of thioether (sulfide) groups is 1. The third-order valence-corrected chi connectivity index (χ3v) is 6.20. The smallest absolute Gasteiger partial charge is 0.321 e. The Bertz CT molecular complexity index is 780. The van der Waals surface area contributed by atoms with Crippen molar-refractivity contribution in [1.29, 1.82) is 0 Å². The molecule has 5 N–H and O–H groups in total. The Kier molecular flexibility index (Phi) is 8.82. The van der Waals surface area contributed by atoms with Crippen molar-refractivity contribution in [3.05, 3.63) is 23.8 Å². The van der Waals surface area contributed by atoms with Crippen molar-refractivity contribution in [2.24, 2.45) is 0 Å². The van der Waals surface area contributed by atoms with E-state index in [4.69, 9.17) is 14.2 Å². The fourth-order valence-electron chi connectivity index (χ4n) is 2.97. The van der Waals surface area contributed by atoms with Crippen molar-refractivity contribution in [2.75, 3.05) is 18.2 Å². The number of carbonyl (C=O) groups excluding carboxylic acids is 1. The van der Waals surface area contributed by atoms with Gasteiger partial charge >= 0.3 is 5.97 Å². The van der Waals surface area contributed by atoms with Gasteiger partial charge in [0.2, 0.25) is 6.29 Å². The molecule has 1 aliphatic heterocycles. The Balaban J connectivity index is 2.24. The predicted octanol–water partition coefficient (Wildman–Crippen LogP) is 1.26. The van der Waals surface area contributed by atoms with Gasteiger partial charge in [-0.1, -0.05) is 6.07 Å². The number of rotatable bonds is 8. The Morgan fingerprint density at radius 3 is 2.34 bits per heavy atom. The van der Waals surface area contributed by atoms with Crippen LogP contribution in [0.2, 0.25) is 0 Å². The number of carbonyl (C=O) groups is 1. The molecule has 182 valence electrons. The van der Waals surface area contributed by atoms with Gasteiger partial charge in [0.25, 0.3) is 0 Å². The van der Waals surface area contributed by atoms with Crippen LogP contribution in [0, 0.1) is 0 Å². The van der Waals surface area contributed by atoms with Gasteiger partial charge in [-0.25, -0.2) is 0 Å². The van der Waals surface area contributed by atoms with Gasteiger partial charge in [-0.3, -0.25) is 4.79 Å². The Hall–Kier alpha value is -1.56. The van der Waals surface area contributed by atoms with Gasteiger partial charge in [0.1, 0.15) is 41.5 Å². The zero-order chi connectivity index (χ0) is 24.3. The molecule has 5 atom stereocenters. The van der Waals surface area contributed by atoms with Gasteiger partial charge in [0.15, 0.2) is 0 Å². The third-order valence-electron chi connectivity index (χ3n) is 5.02. The first kappa shape index (κ1) is 26.7. The normalized spacial score (nSPS) is 26.5. The number of hydrogen-bond acceptors (Lipinski definition) is 10. The third kappa shape index (κ3) is 6.72. The second-order valence-electron chi connectivity index (χ2n) is 9.31. The average Bonchev–Trinajstić information content (AvgIpc) is 2.72. The van der Waals surface area contributed by atoms with E-state index in [1.165, 1.54) is 11.8 Å². The number of ether oxygens (including phenoxy) is 3. The highest BCUT2D eigenvalue weighted by atomic mass is 32.2. The summed E-state index contributed by atoms with van der Waals surface area (Å²) >= 11 is 1.41. The molecule has 0 aromatic heterocycles. The lowest BCUT2D eigenvalue weighted by Gasteiger charge is -2.40. The van der Waals surface area contributed by atoms with Crippen LogP contribution in [0.3, 0.4) is 0 Å². The van der Waals surface area contributed by atoms with E-state index in [9.17, 15) is 25.2 Å². The maximum absolute atomic E-state index is 12.3. The maximum Gasteiger partial charge on any atom is 0.321 e. The van der Waals surface area contributed by atoms with Gasteiger partial charge in [0, 0.05) is 5.54 Å². The summed E-state index contributed by atoms with van der Waals surface area (Å²) in [5.74, 6) is 0.000695. The van der Waals surface area contributed by atoms with E-state index < -0.39 is 42.1 Å². The van der Waals surface area contributed by atoms with Crippen LogP contribution in [-0.4, -0.2) is 80.2 Å². The number of esters is 1. The molecule has 32 heavy (non-hydrogen) atoms. The fraction of sp³-hybridized carbons (Fsp3) is 0.682. The summed E-state index contributed by atoms with van der Waals surface area (Å²) in [6.45, 7) is 8.99. The van der Waals surface area contributed by atoms with Crippen molar-refractivity contribution >= 4 is 23.4 Å². The molecule has 0 spiro atoms. The van der Waals surface area contributed by atoms with Crippen LogP contribution in [0.25, 0.3) is 0 Å². The molecule has 1 aliphatic rings. The molecule has 10 heteroatoms. The first-order valence-corrected chi connectivity index (χ1v) is 11.6. The van der Waals surface area contributed by atoms with Crippen molar-refractivity contribution in [3.8, 4) is 5.75 Å². The Morgan fingerprint density at radius 2 is 1.78 bits per heavy atom. The van der Waals surface area contributed by atoms with E-state index in [-0.39, 0.29) is 18.1 Å². The summed E-state index contributed by atoms with van der Waals surface area (Å²) in [4.78, 5) is 12.3. The molecule has 1 fully saturated rings. The van der Waals surface area contributed by atoms with Crippen LogP contribution in [0.5, 0.6) is 5.75 Å². The largest absolute Gasteiger partial charge is 0.460 e. The van der Waals surface area contributed by atoms with E-state index in [0.717, 1.165) is 5.56 Å². The minimum absolute atomic E-state index is 0.0714. The van der Waals surface area contributed by atoms with Gasteiger partial charge in [-0.05, 0) is 58.6 Å². The topological polar surface area (TPSA) is 138 Å². The molecule has 1 saturated heterocycles. The number of aliphatic hydroxyl groups is 4. The van der Waals surface area contributed by atoms with E-state index in [0.29, 0.717) is 11.4 Å². The van der Waals surface area contributed by atoms with Crippen LogP contribution in [0.4, 0.5) is 5.69 Å². The van der Waals surface area contributed by atoms with Crippen molar-refractivity contribution < 1.29 is 39.4 Å². The number of aliphatic hydroxyl groups excluding tert-OH is 4. The fourth-order valence-corrected chi connectivity index (χ4v) is 3.19. The summed E-state index contributed by atoms with van der Waals surface area (Å²) in [6.07, 6.45) is -5.07. The first-order valence-electron chi connectivity index (χ1n) is 10.4. The summed E-state index contributed by atoms with van der Waals surface area (Å²) in [6, 6.07) is 5.12. The minimum atomic E-state index is -1.54. The van der Waals surface area contributed by atoms with Crippen LogP contribution in [0.1, 0.15) is 40.2 Å². The highest BCUT2D eigenvalue weighted by molar-refractivity contribution is 8.00. The minimum Gasteiger partial charge on any atom is -0.460 e. The quantitative estimate of drug-likeness (QED) is 0.351. The molecule has 1 aromatic rings. The number of anilines is 1. The molecule has 0 aliphatic carbocycles. The second kappa shape index (κ2) is 10.6. The highest BCUT2D eigenvalue weighted by Gasteiger charge is 2.45. The number of hydrogen-bond donors (Lipinski definition) is 5. The van der Waals surface area contributed by atoms with Gasteiger partial charge < -0.3 is 40.0 Å². The molecule has 0 bridgehead atoms. The molecule has 9 nitrogen and oxygen atoms in total. The molecular formula is C22H35NO8S. The van der Waals surface area contributed by atoms with Crippen molar-refractivity contribution in [3.63, 3.8) is 0 Å². The SMILES string of the molecule is CSC(C)(C)C(=O)OCc1ccc(OC2OC(CO)C(O)C(O)C2O)c(NC(C)(C)C)c1. The predicted molar refractivity (Wildman–Crippen MR) is 122 cm³/mol. The monoisotopic (exact) mass is 473 g/mol. The van der Waals surface area contributed by atoms with Crippen LogP contribution >= 0.6 is 11.8 Å². The van der Waals surface area contributed by atoms with Crippen LogP contribution in [0.15, 0.2) is 18.2 Å². The maximum atomic E-state index is 12.3. The van der Waals surface area contributed by atoms with Gasteiger partial charge in [0.05, 0.1) is 12.3 Å². The van der Waals surface area contributed by atoms with E-state index >= 15 is 0 Å². The Morgan fingerprint density at radius 1 is 1.12 bits per heavy atom. The lowest BCUT2D eigenvalue weighted by molar-refractivity contribution is -0.277. The van der Waals surface area contributed by atoms with Crippen molar-refractivity contribution in [1.82, 2.24) is 0 Å². The number of benzene rings is 1. The zero-order valence-corrected chi connectivity index (χ0v) is 20.2. The van der Waals surface area contributed by atoms with E-state index in [2.05, 4.69) is 5.32 Å². The summed E-state index contributed by atoms with van der Waals surface area (Å²) in [5.41, 5.74) is 0.944. The molecule has 5 unspecified atom stereocenters. The lowest BCUT2D eigenvalue weighted by atomic mass is 9.99. The molecule has 0 saturated carbocycles. The summed E-state index contributed by atoms with van der Waals surface area (Å²) in [7, 11) is 0. The average molecular weight is 474 g/mol. The van der Waals surface area contributed by atoms with E-state index in [1.54, 1.807) is 32.0 Å². The molecule has 1 heterocycles. The Labute approximate surface area is 193 Å². The van der Waals surface area contributed by atoms with E-state index in [1.807, 2.05) is 27.0 Å².